The monoisotopic (exact) mass is 642 g/mol. The van der Waals surface area contributed by atoms with Gasteiger partial charge in [0.2, 0.25) is 0 Å². The summed E-state index contributed by atoms with van der Waals surface area (Å²) < 4.78 is 6.86. The van der Waals surface area contributed by atoms with Gasteiger partial charge in [0.1, 0.15) is 0 Å². The predicted molar refractivity (Wildman–Crippen MR) is 192 cm³/mol. The molecular formula is C44H67NO2. The van der Waals surface area contributed by atoms with Gasteiger partial charge in [-0.15, -0.1) is 0 Å². The zero-order valence-electron chi connectivity index (χ0n) is 30.6. The van der Waals surface area contributed by atoms with Crippen LogP contribution in [0.1, 0.15) is 150 Å². The normalized spacial score (nSPS) is 53.0. The summed E-state index contributed by atoms with van der Waals surface area (Å²) in [7, 11) is 0. The minimum Gasteiger partial charge on any atom is -0.396 e. The molecule has 0 aromatic rings. The SMILES string of the molecule is CCCCCCCOC1CCC2CCC3(CC(C)C45CCC(C)=C4CC34C3(C=CCC54C)C=CC4C(CCCO)CCC45CN53)C2C1. The molecule has 2 heterocycles. The van der Waals surface area contributed by atoms with E-state index in [2.05, 4.69) is 56.9 Å². The number of ether oxygens (including phenoxy) is 1. The molecule has 4 spiro atoms. The van der Waals surface area contributed by atoms with Gasteiger partial charge in [0, 0.05) is 36.1 Å². The van der Waals surface area contributed by atoms with E-state index in [1.165, 1.54) is 122 Å². The lowest BCUT2D eigenvalue weighted by Crippen LogP contribution is -2.73. The van der Waals surface area contributed by atoms with Crippen LogP contribution in [0.4, 0.5) is 0 Å². The number of allylic oxidation sites excluding steroid dienone is 3. The van der Waals surface area contributed by atoms with Gasteiger partial charge in [0.15, 0.2) is 0 Å². The summed E-state index contributed by atoms with van der Waals surface area (Å²) in [6.07, 6.45) is 37.1. The summed E-state index contributed by atoms with van der Waals surface area (Å²) in [6.45, 7) is 13.1. The molecule has 0 radical (unpaired) electrons. The fourth-order valence-electron chi connectivity index (χ4n) is 16.6. The van der Waals surface area contributed by atoms with Crippen molar-refractivity contribution in [1.29, 1.82) is 0 Å². The average Bonchev–Trinajstić information content (AvgIpc) is 3.26. The summed E-state index contributed by atoms with van der Waals surface area (Å²) >= 11 is 0. The van der Waals surface area contributed by atoms with Crippen LogP contribution in [-0.4, -0.2) is 46.9 Å². The number of aliphatic hydroxyl groups excluding tert-OH is 1. The van der Waals surface area contributed by atoms with E-state index < -0.39 is 0 Å². The van der Waals surface area contributed by atoms with Crippen molar-refractivity contribution in [2.75, 3.05) is 19.8 Å². The van der Waals surface area contributed by atoms with Gasteiger partial charge in [0.25, 0.3) is 0 Å². The van der Waals surface area contributed by atoms with Gasteiger partial charge in [-0.2, -0.15) is 0 Å². The number of aliphatic hydroxyl groups is 1. The topological polar surface area (TPSA) is 32.5 Å². The molecule has 260 valence electrons. The Kier molecular flexibility index (Phi) is 7.53. The Labute approximate surface area is 287 Å². The van der Waals surface area contributed by atoms with Crippen LogP contribution in [0.2, 0.25) is 0 Å². The Morgan fingerprint density at radius 1 is 1.00 bits per heavy atom. The summed E-state index contributed by atoms with van der Waals surface area (Å²) in [4.78, 5) is 3.15. The van der Waals surface area contributed by atoms with E-state index in [0.717, 1.165) is 36.7 Å². The van der Waals surface area contributed by atoms with Crippen molar-refractivity contribution in [3.05, 3.63) is 35.5 Å². The number of hydrogen-bond donors (Lipinski definition) is 1. The molecule has 7 aliphatic carbocycles. The van der Waals surface area contributed by atoms with Crippen molar-refractivity contribution in [3.63, 3.8) is 0 Å². The molecular weight excluding hydrogens is 574 g/mol. The fraction of sp³-hybridized carbons (Fsp3) is 0.864. The predicted octanol–water partition coefficient (Wildman–Crippen LogP) is 10.2. The maximum atomic E-state index is 9.72. The quantitative estimate of drug-likeness (QED) is 0.146. The third-order valence-corrected chi connectivity index (χ3v) is 18.2. The van der Waals surface area contributed by atoms with Crippen molar-refractivity contribution in [1.82, 2.24) is 4.90 Å². The Morgan fingerprint density at radius 3 is 2.72 bits per heavy atom. The first kappa shape index (κ1) is 32.0. The highest BCUT2D eigenvalue weighted by molar-refractivity contribution is 5.54. The molecule has 2 bridgehead atoms. The van der Waals surface area contributed by atoms with Crippen molar-refractivity contribution in [2.45, 2.75) is 167 Å². The second-order valence-corrected chi connectivity index (χ2v) is 19.2. The minimum atomic E-state index is 0.0507. The lowest BCUT2D eigenvalue weighted by atomic mass is 9.31. The Hall–Kier alpha value is -0.900. The van der Waals surface area contributed by atoms with Gasteiger partial charge in [0.05, 0.1) is 11.6 Å². The minimum absolute atomic E-state index is 0.0507. The van der Waals surface area contributed by atoms with Gasteiger partial charge >= 0.3 is 0 Å². The third-order valence-electron chi connectivity index (χ3n) is 18.2. The van der Waals surface area contributed by atoms with E-state index in [-0.39, 0.29) is 11.0 Å². The largest absolute Gasteiger partial charge is 0.396 e. The lowest BCUT2D eigenvalue weighted by Gasteiger charge is -2.74. The van der Waals surface area contributed by atoms with E-state index in [9.17, 15) is 5.11 Å². The van der Waals surface area contributed by atoms with Gasteiger partial charge in [-0.3, -0.25) is 4.90 Å². The molecule has 13 atom stereocenters. The maximum Gasteiger partial charge on any atom is 0.0652 e. The highest BCUT2D eigenvalue weighted by Gasteiger charge is 2.87. The summed E-state index contributed by atoms with van der Waals surface area (Å²) in [6, 6.07) is 0. The van der Waals surface area contributed by atoms with E-state index in [4.69, 9.17) is 4.74 Å². The van der Waals surface area contributed by atoms with Crippen LogP contribution in [-0.2, 0) is 4.74 Å². The maximum absolute atomic E-state index is 9.72. The van der Waals surface area contributed by atoms with Gasteiger partial charge in [-0.05, 0) is 144 Å². The standard InChI is InChI=1S/C44H67NO2/c1-5-6-7-8-9-26-47-35-14-13-34-16-21-40(37(34)27-35)28-32(3)43-24-15-31(2)38(43)29-44(40)39(43,4)19-11-20-42(44)23-18-36-33(12-10-25-46)17-22-41(36)30-45(41)42/h11,18,20,23,32-37,46H,5-10,12-17,19,21-22,24-30H2,1-4H3. The first-order valence-corrected chi connectivity index (χ1v) is 20.9. The molecule has 2 aliphatic heterocycles. The number of unbranched alkanes of at least 4 members (excludes halogenated alkanes) is 4. The van der Waals surface area contributed by atoms with Gasteiger partial charge in [-0.1, -0.05) is 81.9 Å². The molecule has 0 aromatic carbocycles. The average molecular weight is 642 g/mol. The summed E-state index contributed by atoms with van der Waals surface area (Å²) in [5, 5.41) is 9.72. The molecule has 3 nitrogen and oxygen atoms in total. The molecule has 9 aliphatic rings. The molecule has 5 saturated carbocycles. The summed E-state index contributed by atoms with van der Waals surface area (Å²) in [5.41, 5.74) is 5.49. The molecule has 1 saturated heterocycles. The van der Waals surface area contributed by atoms with Crippen molar-refractivity contribution < 1.29 is 9.84 Å². The van der Waals surface area contributed by atoms with Crippen molar-refractivity contribution in [3.8, 4) is 0 Å². The Balaban J connectivity index is 1.14. The van der Waals surface area contributed by atoms with Crippen LogP contribution in [0.3, 0.4) is 0 Å². The van der Waals surface area contributed by atoms with E-state index in [1.807, 2.05) is 5.57 Å². The van der Waals surface area contributed by atoms with Crippen LogP contribution in [0.25, 0.3) is 0 Å². The highest BCUT2D eigenvalue weighted by atomic mass is 16.5. The molecule has 47 heavy (non-hydrogen) atoms. The molecule has 13 unspecified atom stereocenters. The lowest BCUT2D eigenvalue weighted by molar-refractivity contribution is -0.237. The number of fused-ring (bicyclic) bond motifs is 3. The van der Waals surface area contributed by atoms with E-state index in [1.54, 1.807) is 5.57 Å². The molecule has 0 amide bonds. The third kappa shape index (κ3) is 3.77. The van der Waals surface area contributed by atoms with Gasteiger partial charge in [-0.25, -0.2) is 0 Å². The van der Waals surface area contributed by atoms with Crippen molar-refractivity contribution >= 4 is 0 Å². The molecule has 0 aromatic heterocycles. The van der Waals surface area contributed by atoms with E-state index >= 15 is 0 Å². The molecule has 6 fully saturated rings. The first-order valence-electron chi connectivity index (χ1n) is 20.9. The Morgan fingerprint density at radius 2 is 1.87 bits per heavy atom. The van der Waals surface area contributed by atoms with Crippen LogP contribution < -0.4 is 0 Å². The van der Waals surface area contributed by atoms with Crippen LogP contribution >= 0.6 is 0 Å². The van der Waals surface area contributed by atoms with Crippen LogP contribution in [0.5, 0.6) is 0 Å². The molecule has 1 N–H and O–H groups in total. The van der Waals surface area contributed by atoms with E-state index in [0.29, 0.717) is 40.4 Å². The smallest absolute Gasteiger partial charge is 0.0652 e. The van der Waals surface area contributed by atoms with Crippen LogP contribution in [0, 0.1) is 51.2 Å². The van der Waals surface area contributed by atoms with Crippen LogP contribution in [0.15, 0.2) is 35.5 Å². The number of hydrogen-bond acceptors (Lipinski definition) is 3. The zero-order chi connectivity index (χ0) is 32.3. The fourth-order valence-corrected chi connectivity index (χ4v) is 16.6. The molecule has 9 rings (SSSR count). The molecule has 3 heteroatoms. The second kappa shape index (κ2) is 11.0. The highest BCUT2D eigenvalue weighted by Crippen LogP contribution is 2.90. The second-order valence-electron chi connectivity index (χ2n) is 19.2. The first-order chi connectivity index (χ1) is 22.8. The zero-order valence-corrected chi connectivity index (χ0v) is 30.6. The number of rotatable bonds is 10. The van der Waals surface area contributed by atoms with Gasteiger partial charge < -0.3 is 9.84 Å². The van der Waals surface area contributed by atoms with Crippen molar-refractivity contribution in [2.24, 2.45) is 51.2 Å². The summed E-state index contributed by atoms with van der Waals surface area (Å²) in [5.74, 6) is 3.93. The Bertz CT molecular complexity index is 1350. The number of nitrogens with zero attached hydrogens (tertiary/aromatic N) is 1.